The molecule has 0 bridgehead atoms. The van der Waals surface area contributed by atoms with Gasteiger partial charge in [-0.15, -0.1) is 0 Å². The molecule has 5 heteroatoms. The molecule has 1 aliphatic heterocycles. The number of ether oxygens (including phenoxy) is 1. The number of benzene rings is 1. The molecule has 98 valence electrons. The van der Waals surface area contributed by atoms with Crippen LogP contribution in [0.1, 0.15) is 18.4 Å². The van der Waals surface area contributed by atoms with Crippen LogP contribution in [0.2, 0.25) is 0 Å². The quantitative estimate of drug-likeness (QED) is 0.659. The van der Waals surface area contributed by atoms with Gasteiger partial charge in [-0.1, -0.05) is 6.07 Å². The van der Waals surface area contributed by atoms with Gasteiger partial charge in [-0.2, -0.15) is 0 Å². The van der Waals surface area contributed by atoms with Crippen LogP contribution in [0.5, 0.6) is 0 Å². The van der Waals surface area contributed by atoms with Crippen LogP contribution < -0.4 is 5.32 Å². The summed E-state index contributed by atoms with van der Waals surface area (Å²) in [5, 5.41) is 14.1. The lowest BCUT2D eigenvalue weighted by Gasteiger charge is -2.22. The number of hydrogen-bond donors (Lipinski definition) is 1. The molecule has 0 aromatic heterocycles. The van der Waals surface area contributed by atoms with E-state index in [9.17, 15) is 10.1 Å². The maximum absolute atomic E-state index is 10.8. The van der Waals surface area contributed by atoms with Gasteiger partial charge in [0.25, 0.3) is 5.69 Å². The third kappa shape index (κ3) is 3.20. The van der Waals surface area contributed by atoms with Crippen LogP contribution in [-0.4, -0.2) is 24.7 Å². The molecule has 5 nitrogen and oxygen atoms in total. The minimum atomic E-state index is -0.343. The molecule has 1 aromatic carbocycles. The Kier molecular flexibility index (Phi) is 4.15. The summed E-state index contributed by atoms with van der Waals surface area (Å²) in [5.74, 6) is 0.499. The Bertz CT molecular complexity index is 428. The van der Waals surface area contributed by atoms with Crippen LogP contribution >= 0.6 is 0 Å². The molecule has 2 rings (SSSR count). The zero-order valence-electron chi connectivity index (χ0n) is 10.5. The van der Waals surface area contributed by atoms with E-state index in [1.54, 1.807) is 19.1 Å². The largest absolute Gasteiger partial charge is 0.384 e. The third-order valence-electron chi connectivity index (χ3n) is 3.26. The first-order chi connectivity index (χ1) is 8.66. The van der Waals surface area contributed by atoms with E-state index < -0.39 is 0 Å². The molecule has 1 aliphatic rings. The molecule has 1 saturated heterocycles. The molecule has 1 fully saturated rings. The molecule has 0 aliphatic carbocycles. The zero-order chi connectivity index (χ0) is 13.0. The second-order valence-electron chi connectivity index (χ2n) is 4.72. The summed E-state index contributed by atoms with van der Waals surface area (Å²) in [6, 6.07) is 5.25. The van der Waals surface area contributed by atoms with E-state index in [1.807, 2.05) is 6.07 Å². The van der Waals surface area contributed by atoms with Crippen molar-refractivity contribution in [1.29, 1.82) is 0 Å². The van der Waals surface area contributed by atoms with E-state index in [-0.39, 0.29) is 10.6 Å². The lowest BCUT2D eigenvalue weighted by molar-refractivity contribution is -0.385. The van der Waals surface area contributed by atoms with Crippen LogP contribution in [0.3, 0.4) is 0 Å². The molecule has 0 spiro atoms. The van der Waals surface area contributed by atoms with Crippen LogP contribution in [0, 0.1) is 23.0 Å². The second kappa shape index (κ2) is 5.82. The highest BCUT2D eigenvalue weighted by Gasteiger charge is 2.15. The number of nitrogens with one attached hydrogen (secondary N) is 1. The molecule has 0 amide bonds. The fraction of sp³-hybridized carbons (Fsp3) is 0.538. The molecule has 1 unspecified atom stereocenters. The van der Waals surface area contributed by atoms with E-state index in [2.05, 4.69) is 5.32 Å². The Morgan fingerprint density at radius 1 is 1.56 bits per heavy atom. The molecule has 1 heterocycles. The lowest BCUT2D eigenvalue weighted by Crippen LogP contribution is -2.24. The van der Waals surface area contributed by atoms with Gasteiger partial charge in [0, 0.05) is 30.5 Å². The van der Waals surface area contributed by atoms with Crippen molar-refractivity contribution in [2.45, 2.75) is 19.8 Å². The average molecular weight is 250 g/mol. The summed E-state index contributed by atoms with van der Waals surface area (Å²) >= 11 is 0. The Morgan fingerprint density at radius 2 is 2.39 bits per heavy atom. The highest BCUT2D eigenvalue weighted by atomic mass is 16.6. The van der Waals surface area contributed by atoms with Gasteiger partial charge in [0.1, 0.15) is 0 Å². The summed E-state index contributed by atoms with van der Waals surface area (Å²) in [6.45, 7) is 4.19. The monoisotopic (exact) mass is 250 g/mol. The summed E-state index contributed by atoms with van der Waals surface area (Å²) in [7, 11) is 0. The molecule has 1 N–H and O–H groups in total. The van der Waals surface area contributed by atoms with E-state index in [0.717, 1.165) is 38.3 Å². The maximum Gasteiger partial charge on any atom is 0.274 e. The first-order valence-electron chi connectivity index (χ1n) is 6.23. The number of nitrogens with zero attached hydrogens (tertiary/aromatic N) is 1. The highest BCUT2D eigenvalue weighted by molar-refractivity contribution is 5.54. The smallest absolute Gasteiger partial charge is 0.274 e. The van der Waals surface area contributed by atoms with Gasteiger partial charge in [0.15, 0.2) is 0 Å². The lowest BCUT2D eigenvalue weighted by atomic mass is 10.0. The summed E-state index contributed by atoms with van der Waals surface area (Å²) in [6.07, 6.45) is 2.25. The molecule has 0 radical (unpaired) electrons. The van der Waals surface area contributed by atoms with Crippen LogP contribution in [0.4, 0.5) is 11.4 Å². The van der Waals surface area contributed by atoms with Crippen LogP contribution in [0.15, 0.2) is 18.2 Å². The van der Waals surface area contributed by atoms with Crippen molar-refractivity contribution in [2.75, 3.05) is 25.1 Å². The Hall–Kier alpha value is -1.62. The SMILES string of the molecule is Cc1ccc(NCC2CCCOC2)cc1[N+](=O)[O-]. The summed E-state index contributed by atoms with van der Waals surface area (Å²) in [4.78, 5) is 10.5. The summed E-state index contributed by atoms with van der Waals surface area (Å²) < 4.78 is 5.40. The molecular weight excluding hydrogens is 232 g/mol. The molecular formula is C13H18N2O3. The van der Waals surface area contributed by atoms with Gasteiger partial charge >= 0.3 is 0 Å². The first-order valence-corrected chi connectivity index (χ1v) is 6.23. The second-order valence-corrected chi connectivity index (χ2v) is 4.72. The number of hydrogen-bond acceptors (Lipinski definition) is 4. The summed E-state index contributed by atoms with van der Waals surface area (Å²) in [5.41, 5.74) is 1.66. The fourth-order valence-electron chi connectivity index (χ4n) is 2.15. The van der Waals surface area contributed by atoms with Crippen molar-refractivity contribution in [3.63, 3.8) is 0 Å². The van der Waals surface area contributed by atoms with Gasteiger partial charge in [-0.05, 0) is 31.7 Å². The normalized spacial score (nSPS) is 19.5. The number of nitro benzene ring substituents is 1. The van der Waals surface area contributed by atoms with Crippen LogP contribution in [0.25, 0.3) is 0 Å². The highest BCUT2D eigenvalue weighted by Crippen LogP contribution is 2.23. The van der Waals surface area contributed by atoms with Gasteiger partial charge in [0.05, 0.1) is 11.5 Å². The van der Waals surface area contributed by atoms with E-state index in [0.29, 0.717) is 11.5 Å². The van der Waals surface area contributed by atoms with Crippen molar-refractivity contribution in [3.8, 4) is 0 Å². The Labute approximate surface area is 106 Å². The standard InChI is InChI=1S/C13H18N2O3/c1-10-4-5-12(7-13(10)15(16)17)14-8-11-3-2-6-18-9-11/h4-5,7,11,14H,2-3,6,8-9H2,1H3. The van der Waals surface area contributed by atoms with Gasteiger partial charge in [-0.3, -0.25) is 10.1 Å². The van der Waals surface area contributed by atoms with E-state index in [4.69, 9.17) is 4.74 Å². The number of anilines is 1. The minimum Gasteiger partial charge on any atom is -0.384 e. The van der Waals surface area contributed by atoms with E-state index >= 15 is 0 Å². The van der Waals surface area contributed by atoms with Crippen molar-refractivity contribution < 1.29 is 9.66 Å². The average Bonchev–Trinajstić information content (AvgIpc) is 2.38. The number of rotatable bonds is 4. The fourth-order valence-corrected chi connectivity index (χ4v) is 2.15. The predicted octanol–water partition coefficient (Wildman–Crippen LogP) is 2.74. The Balaban J connectivity index is 1.96. The van der Waals surface area contributed by atoms with E-state index in [1.165, 1.54) is 0 Å². The zero-order valence-corrected chi connectivity index (χ0v) is 10.5. The van der Waals surface area contributed by atoms with Crippen LogP contribution in [-0.2, 0) is 4.74 Å². The molecule has 1 aromatic rings. The van der Waals surface area contributed by atoms with Crippen molar-refractivity contribution in [2.24, 2.45) is 5.92 Å². The topological polar surface area (TPSA) is 64.4 Å². The number of aryl methyl sites for hydroxylation is 1. The van der Waals surface area contributed by atoms with Gasteiger partial charge in [-0.25, -0.2) is 0 Å². The molecule has 18 heavy (non-hydrogen) atoms. The predicted molar refractivity (Wildman–Crippen MR) is 69.9 cm³/mol. The maximum atomic E-state index is 10.8. The van der Waals surface area contributed by atoms with Crippen molar-refractivity contribution in [3.05, 3.63) is 33.9 Å². The Morgan fingerprint density at radius 3 is 3.06 bits per heavy atom. The molecule has 1 atom stereocenters. The molecule has 0 saturated carbocycles. The van der Waals surface area contributed by atoms with Crippen molar-refractivity contribution in [1.82, 2.24) is 0 Å². The minimum absolute atomic E-state index is 0.167. The van der Waals surface area contributed by atoms with Gasteiger partial charge in [0.2, 0.25) is 0 Å². The van der Waals surface area contributed by atoms with Crippen molar-refractivity contribution >= 4 is 11.4 Å². The van der Waals surface area contributed by atoms with Gasteiger partial charge < -0.3 is 10.1 Å². The third-order valence-corrected chi connectivity index (χ3v) is 3.26. The number of nitro groups is 1. The first kappa shape index (κ1) is 12.8.